The number of benzene rings is 1. The van der Waals surface area contributed by atoms with Crippen LogP contribution in [0, 0.1) is 13.8 Å². The van der Waals surface area contributed by atoms with Gasteiger partial charge in [-0.25, -0.2) is 0 Å². The third-order valence-electron chi connectivity index (χ3n) is 2.39. The van der Waals surface area contributed by atoms with E-state index in [2.05, 4.69) is 46.1 Å². The molecular formula is C12H18S. The summed E-state index contributed by atoms with van der Waals surface area (Å²) in [5.41, 5.74) is 4.32. The molecule has 1 aromatic rings. The molecule has 13 heavy (non-hydrogen) atoms. The Morgan fingerprint density at radius 1 is 1.15 bits per heavy atom. The maximum absolute atomic E-state index is 2.31. The molecule has 1 heteroatoms. The molecule has 0 atom stereocenters. The van der Waals surface area contributed by atoms with Crippen molar-refractivity contribution >= 4 is 11.8 Å². The highest BCUT2D eigenvalue weighted by atomic mass is 32.2. The summed E-state index contributed by atoms with van der Waals surface area (Å²) in [6.07, 6.45) is 2.14. The Balaban J connectivity index is 3.27. The van der Waals surface area contributed by atoms with Crippen LogP contribution < -0.4 is 0 Å². The van der Waals surface area contributed by atoms with Crippen LogP contribution in [-0.4, -0.2) is 6.26 Å². The van der Waals surface area contributed by atoms with Crippen LogP contribution in [-0.2, 0) is 0 Å². The summed E-state index contributed by atoms with van der Waals surface area (Å²) in [5.74, 6) is 0.630. The molecule has 0 aliphatic rings. The van der Waals surface area contributed by atoms with Crippen molar-refractivity contribution in [2.45, 2.75) is 38.5 Å². The molecule has 0 aliphatic heterocycles. The van der Waals surface area contributed by atoms with Crippen molar-refractivity contribution in [2.24, 2.45) is 0 Å². The smallest absolute Gasteiger partial charge is 0.0104 e. The predicted octanol–water partition coefficient (Wildman–Crippen LogP) is 4.15. The van der Waals surface area contributed by atoms with Crippen molar-refractivity contribution in [3.63, 3.8) is 0 Å². The second kappa shape index (κ2) is 4.19. The Morgan fingerprint density at radius 2 is 1.77 bits per heavy atom. The number of aryl methyl sites for hydroxylation is 1. The zero-order valence-corrected chi connectivity index (χ0v) is 9.96. The lowest BCUT2D eigenvalue weighted by Crippen LogP contribution is -1.95. The Hall–Kier alpha value is -0.430. The second-order valence-corrected chi connectivity index (χ2v) is 4.68. The van der Waals surface area contributed by atoms with Crippen LogP contribution in [0.4, 0.5) is 0 Å². The van der Waals surface area contributed by atoms with Gasteiger partial charge in [0.15, 0.2) is 0 Å². The van der Waals surface area contributed by atoms with Crippen molar-refractivity contribution in [1.82, 2.24) is 0 Å². The maximum atomic E-state index is 2.31. The average Bonchev–Trinajstić information content (AvgIpc) is 2.08. The number of thioether (sulfide) groups is 1. The van der Waals surface area contributed by atoms with Gasteiger partial charge >= 0.3 is 0 Å². The molecular weight excluding hydrogens is 176 g/mol. The summed E-state index contributed by atoms with van der Waals surface area (Å²) in [6, 6.07) is 4.57. The van der Waals surface area contributed by atoms with Crippen molar-refractivity contribution < 1.29 is 0 Å². The minimum Gasteiger partial charge on any atom is -0.129 e. The average molecular weight is 194 g/mol. The standard InChI is InChI=1S/C12H18S/c1-8(2)11-6-9(3)7-12(13-5)10(11)4/h6-8H,1-5H3. The highest BCUT2D eigenvalue weighted by Gasteiger charge is 2.07. The van der Waals surface area contributed by atoms with E-state index in [0.717, 1.165) is 0 Å². The molecule has 0 radical (unpaired) electrons. The van der Waals surface area contributed by atoms with Crippen LogP contribution in [0.25, 0.3) is 0 Å². The summed E-state index contributed by atoms with van der Waals surface area (Å²) < 4.78 is 0. The molecule has 0 bridgehead atoms. The SMILES string of the molecule is CSc1cc(C)cc(C(C)C)c1C. The van der Waals surface area contributed by atoms with Crippen LogP contribution >= 0.6 is 11.8 Å². The highest BCUT2D eigenvalue weighted by Crippen LogP contribution is 2.28. The molecule has 0 heterocycles. The number of hydrogen-bond acceptors (Lipinski definition) is 1. The fourth-order valence-electron chi connectivity index (χ4n) is 1.66. The Morgan fingerprint density at radius 3 is 2.23 bits per heavy atom. The van der Waals surface area contributed by atoms with E-state index in [0.29, 0.717) is 5.92 Å². The molecule has 1 rings (SSSR count). The van der Waals surface area contributed by atoms with Crippen LogP contribution in [0.2, 0.25) is 0 Å². The molecule has 72 valence electrons. The molecule has 0 amide bonds. The van der Waals surface area contributed by atoms with Gasteiger partial charge in [0.1, 0.15) is 0 Å². The normalized spacial score (nSPS) is 10.9. The molecule has 0 saturated heterocycles. The lowest BCUT2D eigenvalue weighted by molar-refractivity contribution is 0.847. The first-order valence-electron chi connectivity index (χ1n) is 4.71. The Bertz CT molecular complexity index is 300. The monoisotopic (exact) mass is 194 g/mol. The maximum Gasteiger partial charge on any atom is 0.0104 e. The lowest BCUT2D eigenvalue weighted by Gasteiger charge is -2.14. The third-order valence-corrected chi connectivity index (χ3v) is 3.25. The number of hydrogen-bond donors (Lipinski definition) is 0. The third kappa shape index (κ3) is 2.28. The lowest BCUT2D eigenvalue weighted by atomic mass is 9.96. The van der Waals surface area contributed by atoms with Gasteiger partial charge in [0, 0.05) is 4.90 Å². The van der Waals surface area contributed by atoms with Crippen LogP contribution in [0.3, 0.4) is 0 Å². The number of rotatable bonds is 2. The van der Waals surface area contributed by atoms with E-state index < -0.39 is 0 Å². The summed E-state index contributed by atoms with van der Waals surface area (Å²) in [4.78, 5) is 1.42. The molecule has 0 aromatic heterocycles. The van der Waals surface area contributed by atoms with Gasteiger partial charge in [0.25, 0.3) is 0 Å². The minimum atomic E-state index is 0.630. The van der Waals surface area contributed by atoms with E-state index >= 15 is 0 Å². The zero-order chi connectivity index (χ0) is 10.0. The first-order chi connectivity index (χ1) is 6.06. The van der Waals surface area contributed by atoms with Crippen molar-refractivity contribution in [3.8, 4) is 0 Å². The fourth-order valence-corrected chi connectivity index (χ4v) is 2.39. The van der Waals surface area contributed by atoms with E-state index in [9.17, 15) is 0 Å². The van der Waals surface area contributed by atoms with Gasteiger partial charge in [-0.2, -0.15) is 0 Å². The van der Waals surface area contributed by atoms with Crippen molar-refractivity contribution in [2.75, 3.05) is 6.26 Å². The fraction of sp³-hybridized carbons (Fsp3) is 0.500. The molecule has 0 unspecified atom stereocenters. The van der Waals surface area contributed by atoms with E-state index in [1.54, 1.807) is 0 Å². The topological polar surface area (TPSA) is 0 Å². The van der Waals surface area contributed by atoms with Gasteiger partial charge in [0.05, 0.1) is 0 Å². The van der Waals surface area contributed by atoms with Crippen LogP contribution in [0.1, 0.15) is 36.5 Å². The van der Waals surface area contributed by atoms with Crippen LogP contribution in [0.15, 0.2) is 17.0 Å². The summed E-state index contributed by atoms with van der Waals surface area (Å²) in [5, 5.41) is 0. The minimum absolute atomic E-state index is 0.630. The summed E-state index contributed by atoms with van der Waals surface area (Å²) in [7, 11) is 0. The molecule has 0 nitrogen and oxygen atoms in total. The molecule has 0 N–H and O–H groups in total. The van der Waals surface area contributed by atoms with Gasteiger partial charge in [-0.3, -0.25) is 0 Å². The van der Waals surface area contributed by atoms with Crippen molar-refractivity contribution in [3.05, 3.63) is 28.8 Å². The summed E-state index contributed by atoms with van der Waals surface area (Å²) >= 11 is 1.84. The van der Waals surface area contributed by atoms with E-state index in [-0.39, 0.29) is 0 Å². The van der Waals surface area contributed by atoms with Gasteiger partial charge in [-0.05, 0) is 48.8 Å². The largest absolute Gasteiger partial charge is 0.129 e. The molecule has 1 aromatic carbocycles. The quantitative estimate of drug-likeness (QED) is 0.637. The Kier molecular flexibility index (Phi) is 3.43. The molecule has 0 saturated carbocycles. The molecule has 0 spiro atoms. The van der Waals surface area contributed by atoms with E-state index in [1.165, 1.54) is 21.6 Å². The van der Waals surface area contributed by atoms with E-state index in [4.69, 9.17) is 0 Å². The predicted molar refractivity (Wildman–Crippen MR) is 61.8 cm³/mol. The van der Waals surface area contributed by atoms with Crippen molar-refractivity contribution in [1.29, 1.82) is 0 Å². The highest BCUT2D eigenvalue weighted by molar-refractivity contribution is 7.98. The van der Waals surface area contributed by atoms with Gasteiger partial charge < -0.3 is 0 Å². The first-order valence-corrected chi connectivity index (χ1v) is 5.94. The second-order valence-electron chi connectivity index (χ2n) is 3.84. The van der Waals surface area contributed by atoms with E-state index in [1.807, 2.05) is 11.8 Å². The van der Waals surface area contributed by atoms with Gasteiger partial charge in [-0.1, -0.05) is 19.9 Å². The van der Waals surface area contributed by atoms with Gasteiger partial charge in [-0.15, -0.1) is 11.8 Å². The molecule has 0 fully saturated rings. The first kappa shape index (κ1) is 10.6. The molecule has 0 aliphatic carbocycles. The van der Waals surface area contributed by atoms with Gasteiger partial charge in [0.2, 0.25) is 0 Å². The zero-order valence-electron chi connectivity index (χ0n) is 9.14. The summed E-state index contributed by atoms with van der Waals surface area (Å²) in [6.45, 7) is 8.91. The Labute approximate surface area is 85.7 Å². The van der Waals surface area contributed by atoms with Crippen LogP contribution in [0.5, 0.6) is 0 Å².